The second-order valence-corrected chi connectivity index (χ2v) is 8.47. The molecule has 1 N–H and O–H groups in total. The van der Waals surface area contributed by atoms with E-state index in [4.69, 9.17) is 4.74 Å². The quantitative estimate of drug-likeness (QED) is 0.831. The molecule has 0 amide bonds. The van der Waals surface area contributed by atoms with E-state index < -0.39 is 0 Å². The molecule has 0 radical (unpaired) electrons. The molecule has 0 saturated carbocycles. The van der Waals surface area contributed by atoms with Crippen molar-refractivity contribution in [2.24, 2.45) is 5.41 Å². The molecule has 1 aliphatic rings. The van der Waals surface area contributed by atoms with Gasteiger partial charge in [-0.2, -0.15) is 0 Å². The van der Waals surface area contributed by atoms with Gasteiger partial charge in [-0.1, -0.05) is 27.7 Å². The zero-order chi connectivity index (χ0) is 14.9. The van der Waals surface area contributed by atoms with E-state index in [2.05, 4.69) is 65.6 Å². The summed E-state index contributed by atoms with van der Waals surface area (Å²) in [5, 5.41) is 3.56. The number of hydrogen-bond acceptors (Lipinski definition) is 3. The lowest BCUT2D eigenvalue weighted by molar-refractivity contribution is -0.184. The predicted octanol–water partition coefficient (Wildman–Crippen LogP) is 2.90. The summed E-state index contributed by atoms with van der Waals surface area (Å²) in [6, 6.07) is 0.553. The van der Waals surface area contributed by atoms with Crippen molar-refractivity contribution in [2.45, 2.75) is 72.6 Å². The summed E-state index contributed by atoms with van der Waals surface area (Å²) in [4.78, 5) is 2.56. The maximum absolute atomic E-state index is 6.15. The van der Waals surface area contributed by atoms with Gasteiger partial charge in [0.05, 0.1) is 11.2 Å². The lowest BCUT2D eigenvalue weighted by Crippen LogP contribution is -2.59. The molecule has 19 heavy (non-hydrogen) atoms. The molecule has 1 heterocycles. The molecule has 114 valence electrons. The molecule has 0 unspecified atom stereocenters. The van der Waals surface area contributed by atoms with Crippen LogP contribution in [-0.4, -0.2) is 48.3 Å². The van der Waals surface area contributed by atoms with Gasteiger partial charge in [0.2, 0.25) is 0 Å². The van der Waals surface area contributed by atoms with Gasteiger partial charge in [-0.05, 0) is 33.1 Å². The summed E-state index contributed by atoms with van der Waals surface area (Å²) < 4.78 is 6.15. The Labute approximate surface area is 120 Å². The highest BCUT2D eigenvalue weighted by Gasteiger charge is 2.39. The molecule has 0 aromatic rings. The summed E-state index contributed by atoms with van der Waals surface area (Å²) in [7, 11) is 0. The zero-order valence-electron chi connectivity index (χ0n) is 14.3. The normalized spacial score (nSPS) is 23.8. The van der Waals surface area contributed by atoms with Crippen LogP contribution in [0.1, 0.15) is 55.4 Å². The van der Waals surface area contributed by atoms with Gasteiger partial charge in [-0.25, -0.2) is 0 Å². The average Bonchev–Trinajstić information content (AvgIpc) is 2.08. The average molecular weight is 270 g/mol. The Kier molecular flexibility index (Phi) is 5.09. The Morgan fingerprint density at radius 3 is 2.00 bits per heavy atom. The van der Waals surface area contributed by atoms with Crippen LogP contribution >= 0.6 is 0 Å². The summed E-state index contributed by atoms with van der Waals surface area (Å²) in [5.41, 5.74) is 0.181. The van der Waals surface area contributed by atoms with Crippen LogP contribution < -0.4 is 5.32 Å². The lowest BCUT2D eigenvalue weighted by Gasteiger charge is -2.49. The number of hydrogen-bond donors (Lipinski definition) is 1. The minimum Gasteiger partial charge on any atom is -0.367 e. The number of nitrogens with zero attached hydrogens (tertiary/aromatic N) is 1. The third kappa shape index (κ3) is 6.24. The van der Waals surface area contributed by atoms with Gasteiger partial charge in [0.1, 0.15) is 0 Å². The van der Waals surface area contributed by atoms with Crippen LogP contribution in [0.15, 0.2) is 0 Å². The Balaban J connectivity index is 2.60. The van der Waals surface area contributed by atoms with E-state index >= 15 is 0 Å². The molecule has 0 atom stereocenters. The lowest BCUT2D eigenvalue weighted by atomic mass is 9.90. The zero-order valence-corrected chi connectivity index (χ0v) is 14.3. The third-order valence-electron chi connectivity index (χ3n) is 3.40. The molecule has 0 aliphatic carbocycles. The molecule has 1 aliphatic heterocycles. The van der Waals surface area contributed by atoms with E-state index in [1.807, 2.05) is 0 Å². The van der Waals surface area contributed by atoms with Gasteiger partial charge >= 0.3 is 0 Å². The molecular formula is C16H34N2O. The van der Waals surface area contributed by atoms with Crippen LogP contribution in [0.4, 0.5) is 0 Å². The number of ether oxygens (including phenoxy) is 1. The Morgan fingerprint density at radius 2 is 1.58 bits per heavy atom. The standard InChI is InChI=1S/C16H34N2O/c1-13(2)17-9-14(3,4)10-18-11-15(5,6)19-16(7,8)12-18/h13,17H,9-12H2,1-8H3. The van der Waals surface area contributed by atoms with Crippen LogP contribution in [0.25, 0.3) is 0 Å². The van der Waals surface area contributed by atoms with E-state index in [0.29, 0.717) is 6.04 Å². The molecule has 1 fully saturated rings. The van der Waals surface area contributed by atoms with Crippen molar-refractivity contribution in [3.8, 4) is 0 Å². The minimum atomic E-state index is -0.0523. The second-order valence-electron chi connectivity index (χ2n) is 8.47. The first-order valence-electron chi connectivity index (χ1n) is 7.57. The first kappa shape index (κ1) is 16.9. The highest BCUT2D eigenvalue weighted by Crippen LogP contribution is 2.30. The van der Waals surface area contributed by atoms with Crippen LogP contribution in [0.3, 0.4) is 0 Å². The summed E-state index contributed by atoms with van der Waals surface area (Å²) >= 11 is 0. The van der Waals surface area contributed by atoms with E-state index in [1.165, 1.54) is 0 Å². The molecule has 0 bridgehead atoms. The number of rotatable bonds is 5. The highest BCUT2D eigenvalue weighted by atomic mass is 16.5. The van der Waals surface area contributed by atoms with E-state index in [-0.39, 0.29) is 16.6 Å². The Bertz CT molecular complexity index is 279. The van der Waals surface area contributed by atoms with Gasteiger partial charge in [-0.3, -0.25) is 4.90 Å². The van der Waals surface area contributed by atoms with Crippen LogP contribution in [0.2, 0.25) is 0 Å². The third-order valence-corrected chi connectivity index (χ3v) is 3.40. The Morgan fingerprint density at radius 1 is 1.11 bits per heavy atom. The topological polar surface area (TPSA) is 24.5 Å². The van der Waals surface area contributed by atoms with Gasteiger partial charge in [0, 0.05) is 32.2 Å². The predicted molar refractivity (Wildman–Crippen MR) is 82.6 cm³/mol. The minimum absolute atomic E-state index is 0.0523. The van der Waals surface area contributed by atoms with Crippen molar-refractivity contribution in [3.63, 3.8) is 0 Å². The van der Waals surface area contributed by atoms with Crippen LogP contribution in [0.5, 0.6) is 0 Å². The van der Waals surface area contributed by atoms with E-state index in [0.717, 1.165) is 26.2 Å². The molecule has 3 nitrogen and oxygen atoms in total. The van der Waals surface area contributed by atoms with Crippen molar-refractivity contribution in [2.75, 3.05) is 26.2 Å². The number of morpholine rings is 1. The SMILES string of the molecule is CC(C)NCC(C)(C)CN1CC(C)(C)OC(C)(C)C1. The van der Waals surface area contributed by atoms with Crippen molar-refractivity contribution < 1.29 is 4.74 Å². The molecule has 3 heteroatoms. The molecule has 0 aromatic carbocycles. The first-order chi connectivity index (χ1) is 8.41. The van der Waals surface area contributed by atoms with Gasteiger partial charge in [-0.15, -0.1) is 0 Å². The fourth-order valence-electron chi connectivity index (χ4n) is 3.20. The fraction of sp³-hybridized carbons (Fsp3) is 1.00. The summed E-state index contributed by atoms with van der Waals surface area (Å²) in [6.07, 6.45) is 0. The largest absolute Gasteiger partial charge is 0.367 e. The van der Waals surface area contributed by atoms with E-state index in [1.54, 1.807) is 0 Å². The maximum Gasteiger partial charge on any atom is 0.0760 e. The monoisotopic (exact) mass is 270 g/mol. The fourth-order valence-corrected chi connectivity index (χ4v) is 3.20. The van der Waals surface area contributed by atoms with Crippen LogP contribution in [0, 0.1) is 5.41 Å². The Hall–Kier alpha value is -0.120. The smallest absolute Gasteiger partial charge is 0.0760 e. The molecule has 1 saturated heterocycles. The van der Waals surface area contributed by atoms with Gasteiger partial charge < -0.3 is 10.1 Å². The second kappa shape index (κ2) is 5.71. The first-order valence-corrected chi connectivity index (χ1v) is 7.57. The van der Waals surface area contributed by atoms with Gasteiger partial charge in [0.15, 0.2) is 0 Å². The van der Waals surface area contributed by atoms with Crippen molar-refractivity contribution in [1.82, 2.24) is 10.2 Å². The van der Waals surface area contributed by atoms with Gasteiger partial charge in [0.25, 0.3) is 0 Å². The molecular weight excluding hydrogens is 236 g/mol. The van der Waals surface area contributed by atoms with Crippen molar-refractivity contribution in [3.05, 3.63) is 0 Å². The van der Waals surface area contributed by atoms with Crippen LogP contribution in [-0.2, 0) is 4.74 Å². The number of nitrogens with one attached hydrogen (secondary N) is 1. The highest BCUT2D eigenvalue weighted by molar-refractivity contribution is 4.91. The summed E-state index contributed by atoms with van der Waals surface area (Å²) in [5.74, 6) is 0. The molecule has 1 rings (SSSR count). The molecule has 0 aromatic heterocycles. The maximum atomic E-state index is 6.15. The summed E-state index contributed by atoms with van der Waals surface area (Å²) in [6.45, 7) is 22.1. The van der Waals surface area contributed by atoms with Crippen molar-refractivity contribution >= 4 is 0 Å². The van der Waals surface area contributed by atoms with E-state index in [9.17, 15) is 0 Å². The molecule has 0 spiro atoms. The van der Waals surface area contributed by atoms with Crippen molar-refractivity contribution in [1.29, 1.82) is 0 Å².